The van der Waals surface area contributed by atoms with Crippen molar-refractivity contribution < 1.29 is 0 Å². The van der Waals surface area contributed by atoms with Crippen molar-refractivity contribution >= 4 is 0 Å². The van der Waals surface area contributed by atoms with Crippen molar-refractivity contribution in [1.29, 1.82) is 0 Å². The molecule has 0 heterocycles. The van der Waals surface area contributed by atoms with E-state index in [2.05, 4.69) is 62.3 Å². The van der Waals surface area contributed by atoms with Gasteiger partial charge in [-0.15, -0.1) is 0 Å². The maximum absolute atomic E-state index is 2.44. The van der Waals surface area contributed by atoms with Gasteiger partial charge >= 0.3 is 0 Å². The molecule has 0 radical (unpaired) electrons. The predicted octanol–water partition coefficient (Wildman–Crippen LogP) is 5.38. The summed E-state index contributed by atoms with van der Waals surface area (Å²) >= 11 is 0. The SMILES string of the molecule is CCC(C)(C)C(C)(C)C(C)C(C)C(C)C. The van der Waals surface area contributed by atoms with E-state index >= 15 is 0 Å². The molecule has 92 valence electrons. The van der Waals surface area contributed by atoms with Crippen LogP contribution < -0.4 is 0 Å². The fourth-order valence-corrected chi connectivity index (χ4v) is 2.31. The molecule has 0 nitrogen and oxygen atoms in total. The van der Waals surface area contributed by atoms with Gasteiger partial charge in [0.2, 0.25) is 0 Å². The topological polar surface area (TPSA) is 0 Å². The molecule has 2 unspecified atom stereocenters. The molecular formula is C15H32. The Kier molecular flexibility index (Phi) is 4.89. The maximum Gasteiger partial charge on any atom is -0.0275 e. The van der Waals surface area contributed by atoms with E-state index in [9.17, 15) is 0 Å². The largest absolute Gasteiger partial charge is 0.0649 e. The first kappa shape index (κ1) is 15.0. The lowest BCUT2D eigenvalue weighted by Gasteiger charge is -2.48. The summed E-state index contributed by atoms with van der Waals surface area (Å²) in [7, 11) is 0. The first-order valence-corrected chi connectivity index (χ1v) is 6.58. The van der Waals surface area contributed by atoms with Crippen molar-refractivity contribution in [2.45, 2.75) is 68.7 Å². The molecule has 0 aliphatic heterocycles. The van der Waals surface area contributed by atoms with E-state index in [-0.39, 0.29) is 0 Å². The molecule has 15 heavy (non-hydrogen) atoms. The summed E-state index contributed by atoms with van der Waals surface area (Å²) in [5, 5.41) is 0. The van der Waals surface area contributed by atoms with Crippen LogP contribution in [0.5, 0.6) is 0 Å². The van der Waals surface area contributed by atoms with E-state index in [1.165, 1.54) is 6.42 Å². The van der Waals surface area contributed by atoms with Gasteiger partial charge in [-0.2, -0.15) is 0 Å². The van der Waals surface area contributed by atoms with Crippen LogP contribution in [-0.4, -0.2) is 0 Å². The van der Waals surface area contributed by atoms with Crippen molar-refractivity contribution in [3.63, 3.8) is 0 Å². The minimum atomic E-state index is 0.408. The van der Waals surface area contributed by atoms with Crippen LogP contribution in [0.25, 0.3) is 0 Å². The monoisotopic (exact) mass is 212 g/mol. The maximum atomic E-state index is 2.44. The van der Waals surface area contributed by atoms with Crippen molar-refractivity contribution in [1.82, 2.24) is 0 Å². The van der Waals surface area contributed by atoms with Crippen molar-refractivity contribution in [3.05, 3.63) is 0 Å². The summed E-state index contributed by atoms with van der Waals surface area (Å²) in [5.74, 6) is 2.35. The Morgan fingerprint density at radius 1 is 0.867 bits per heavy atom. The highest BCUT2D eigenvalue weighted by Crippen LogP contribution is 2.49. The Hall–Kier alpha value is 0. The van der Waals surface area contributed by atoms with Gasteiger partial charge in [0.05, 0.1) is 0 Å². The van der Waals surface area contributed by atoms with Gasteiger partial charge in [-0.3, -0.25) is 0 Å². The minimum absolute atomic E-state index is 0.408. The lowest BCUT2D eigenvalue weighted by atomic mass is 9.57. The van der Waals surface area contributed by atoms with E-state index in [0.29, 0.717) is 10.8 Å². The molecule has 0 aromatic heterocycles. The summed E-state index contributed by atoms with van der Waals surface area (Å²) in [6.07, 6.45) is 1.26. The van der Waals surface area contributed by atoms with Gasteiger partial charge in [0.25, 0.3) is 0 Å². The second-order valence-corrected chi connectivity index (χ2v) is 6.85. The molecule has 0 aliphatic rings. The summed E-state index contributed by atoms with van der Waals surface area (Å²) < 4.78 is 0. The first-order valence-electron chi connectivity index (χ1n) is 6.58. The third-order valence-electron chi connectivity index (χ3n) is 5.61. The molecule has 0 N–H and O–H groups in total. The summed E-state index contributed by atoms with van der Waals surface area (Å²) in [6, 6.07) is 0. The third kappa shape index (κ3) is 2.98. The van der Waals surface area contributed by atoms with Gasteiger partial charge < -0.3 is 0 Å². The number of rotatable bonds is 5. The average molecular weight is 212 g/mol. The molecule has 2 atom stereocenters. The molecule has 0 saturated carbocycles. The molecule has 0 rings (SSSR count). The van der Waals surface area contributed by atoms with E-state index in [1.54, 1.807) is 0 Å². The molecule has 0 spiro atoms. The van der Waals surface area contributed by atoms with Gasteiger partial charge in [0, 0.05) is 0 Å². The lowest BCUT2D eigenvalue weighted by molar-refractivity contribution is 0.00665. The molecular weight excluding hydrogens is 180 g/mol. The quantitative estimate of drug-likeness (QED) is 0.574. The molecule has 0 aromatic rings. The lowest BCUT2D eigenvalue weighted by Crippen LogP contribution is -2.41. The van der Waals surface area contributed by atoms with Gasteiger partial charge in [0.15, 0.2) is 0 Å². The van der Waals surface area contributed by atoms with Gasteiger partial charge in [-0.1, -0.05) is 68.7 Å². The molecule has 0 bridgehead atoms. The highest BCUT2D eigenvalue weighted by Gasteiger charge is 2.41. The van der Waals surface area contributed by atoms with Crippen LogP contribution >= 0.6 is 0 Å². The number of hydrogen-bond acceptors (Lipinski definition) is 0. The summed E-state index contributed by atoms with van der Waals surface area (Å²) in [4.78, 5) is 0. The average Bonchev–Trinajstić information content (AvgIpc) is 2.14. The standard InChI is InChI=1S/C15H32/c1-10-14(6,7)15(8,9)13(5)12(4)11(2)3/h11-13H,10H2,1-9H3. The molecule has 0 fully saturated rings. The smallest absolute Gasteiger partial charge is 0.0275 e. The highest BCUT2D eigenvalue weighted by atomic mass is 14.5. The van der Waals surface area contributed by atoms with Crippen LogP contribution in [0.2, 0.25) is 0 Å². The molecule has 0 amide bonds. The fraction of sp³-hybridized carbons (Fsp3) is 1.00. The molecule has 0 aliphatic carbocycles. The van der Waals surface area contributed by atoms with E-state index in [4.69, 9.17) is 0 Å². The van der Waals surface area contributed by atoms with E-state index in [0.717, 1.165) is 17.8 Å². The second kappa shape index (κ2) is 4.89. The minimum Gasteiger partial charge on any atom is -0.0649 e. The van der Waals surface area contributed by atoms with Crippen LogP contribution in [0.1, 0.15) is 68.7 Å². The van der Waals surface area contributed by atoms with Crippen molar-refractivity contribution in [3.8, 4) is 0 Å². The predicted molar refractivity (Wildman–Crippen MR) is 71.0 cm³/mol. The number of hydrogen-bond donors (Lipinski definition) is 0. The molecule has 0 aromatic carbocycles. The summed E-state index contributed by atoms with van der Waals surface area (Å²) in [5.41, 5.74) is 0.834. The van der Waals surface area contributed by atoms with Gasteiger partial charge in [-0.05, 0) is 28.6 Å². The summed E-state index contributed by atoms with van der Waals surface area (Å²) in [6.45, 7) is 21.6. The zero-order valence-corrected chi connectivity index (χ0v) is 12.4. The zero-order chi connectivity index (χ0) is 12.4. The Labute approximate surface area is 97.8 Å². The third-order valence-corrected chi connectivity index (χ3v) is 5.61. The van der Waals surface area contributed by atoms with Gasteiger partial charge in [-0.25, -0.2) is 0 Å². The van der Waals surface area contributed by atoms with Crippen LogP contribution in [0.15, 0.2) is 0 Å². The van der Waals surface area contributed by atoms with Crippen LogP contribution in [-0.2, 0) is 0 Å². The second-order valence-electron chi connectivity index (χ2n) is 6.85. The Morgan fingerprint density at radius 3 is 1.53 bits per heavy atom. The van der Waals surface area contributed by atoms with Crippen molar-refractivity contribution in [2.24, 2.45) is 28.6 Å². The highest BCUT2D eigenvalue weighted by molar-refractivity contribution is 4.91. The molecule has 0 saturated heterocycles. The molecule has 0 heteroatoms. The first-order chi connectivity index (χ1) is 6.58. The van der Waals surface area contributed by atoms with Crippen LogP contribution in [0.3, 0.4) is 0 Å². The zero-order valence-electron chi connectivity index (χ0n) is 12.4. The van der Waals surface area contributed by atoms with E-state index < -0.39 is 0 Å². The Balaban J connectivity index is 4.87. The van der Waals surface area contributed by atoms with Crippen LogP contribution in [0.4, 0.5) is 0 Å². The van der Waals surface area contributed by atoms with Crippen LogP contribution in [0, 0.1) is 28.6 Å². The van der Waals surface area contributed by atoms with Crippen molar-refractivity contribution in [2.75, 3.05) is 0 Å². The Morgan fingerprint density at radius 2 is 1.27 bits per heavy atom. The van der Waals surface area contributed by atoms with E-state index in [1.807, 2.05) is 0 Å². The fourth-order valence-electron chi connectivity index (χ4n) is 2.31. The normalized spacial score (nSPS) is 18.0. The van der Waals surface area contributed by atoms with Gasteiger partial charge in [0.1, 0.15) is 0 Å². The Bertz CT molecular complexity index is 186.